The van der Waals surface area contributed by atoms with Crippen LogP contribution in [0.5, 0.6) is 0 Å². The summed E-state index contributed by atoms with van der Waals surface area (Å²) in [5.41, 5.74) is 4.82. The molecular formula is C17H14INS. The monoisotopic (exact) mass is 391 g/mol. The molecule has 0 aliphatic carbocycles. The van der Waals surface area contributed by atoms with Crippen molar-refractivity contribution in [1.82, 2.24) is 4.98 Å². The molecule has 0 radical (unpaired) electrons. The number of aromatic nitrogens is 1. The maximum Gasteiger partial charge on any atom is 0.0780 e. The van der Waals surface area contributed by atoms with Crippen LogP contribution in [-0.2, 0) is 0 Å². The van der Waals surface area contributed by atoms with Gasteiger partial charge in [-0.2, -0.15) is 0 Å². The summed E-state index contributed by atoms with van der Waals surface area (Å²) in [5.74, 6) is 0. The highest BCUT2D eigenvalue weighted by Gasteiger charge is 2.07. The highest BCUT2D eigenvalue weighted by Crippen LogP contribution is 2.32. The maximum absolute atomic E-state index is 4.61. The molecule has 0 unspecified atom stereocenters. The van der Waals surface area contributed by atoms with Crippen molar-refractivity contribution < 1.29 is 0 Å². The lowest BCUT2D eigenvalue weighted by molar-refractivity contribution is 1.32. The molecule has 1 aromatic heterocycles. The first-order chi connectivity index (χ1) is 9.67. The molecule has 2 aromatic carbocycles. The first kappa shape index (κ1) is 13.9. The normalized spacial score (nSPS) is 10.9. The second kappa shape index (κ2) is 5.74. The molecule has 3 rings (SSSR count). The quantitative estimate of drug-likeness (QED) is 0.500. The van der Waals surface area contributed by atoms with Crippen LogP contribution in [0.2, 0.25) is 0 Å². The van der Waals surface area contributed by atoms with Gasteiger partial charge >= 0.3 is 0 Å². The van der Waals surface area contributed by atoms with E-state index in [1.165, 1.54) is 32.4 Å². The van der Waals surface area contributed by atoms with E-state index in [1.54, 1.807) is 8.93 Å². The number of hydrogen-bond donors (Lipinski definition) is 0. The standard InChI is InChI=1S/C17H14INS/c1-11-7-12(2)9-14(8-11)17-16-4-3-15(20-18)10-13(16)5-6-19-17/h3-10H,1-2H3. The van der Waals surface area contributed by atoms with Gasteiger partial charge in [-0.1, -0.05) is 32.2 Å². The van der Waals surface area contributed by atoms with Crippen molar-refractivity contribution in [2.45, 2.75) is 18.7 Å². The lowest BCUT2D eigenvalue weighted by atomic mass is 10.0. The van der Waals surface area contributed by atoms with E-state index in [9.17, 15) is 0 Å². The second-order valence-electron chi connectivity index (χ2n) is 5.00. The van der Waals surface area contributed by atoms with E-state index in [-0.39, 0.29) is 0 Å². The van der Waals surface area contributed by atoms with Crippen LogP contribution in [0, 0.1) is 13.8 Å². The number of aryl methyl sites for hydroxylation is 2. The Morgan fingerprint density at radius 3 is 2.40 bits per heavy atom. The number of fused-ring (bicyclic) bond motifs is 1. The minimum absolute atomic E-state index is 1.07. The molecule has 3 heteroatoms. The first-order valence-corrected chi connectivity index (χ1v) is 9.79. The third-order valence-electron chi connectivity index (χ3n) is 3.32. The molecule has 1 heterocycles. The molecule has 0 N–H and O–H groups in total. The minimum Gasteiger partial charge on any atom is -0.256 e. The fraction of sp³-hybridized carbons (Fsp3) is 0.118. The molecule has 0 bridgehead atoms. The summed E-state index contributed by atoms with van der Waals surface area (Å²) in [4.78, 5) is 5.88. The Kier molecular flexibility index (Phi) is 3.98. The summed E-state index contributed by atoms with van der Waals surface area (Å²) < 4.78 is 0. The lowest BCUT2D eigenvalue weighted by Gasteiger charge is -2.09. The molecular weight excluding hydrogens is 377 g/mol. The number of halogens is 1. The van der Waals surface area contributed by atoms with Gasteiger partial charge in [-0.25, -0.2) is 0 Å². The predicted molar refractivity (Wildman–Crippen MR) is 96.5 cm³/mol. The Morgan fingerprint density at radius 2 is 1.70 bits per heavy atom. The number of benzene rings is 2. The minimum atomic E-state index is 1.07. The summed E-state index contributed by atoms with van der Waals surface area (Å²) in [7, 11) is 1.74. The Labute approximate surface area is 135 Å². The van der Waals surface area contributed by atoms with Crippen LogP contribution in [0.3, 0.4) is 0 Å². The van der Waals surface area contributed by atoms with Crippen molar-refractivity contribution in [3.05, 3.63) is 59.8 Å². The van der Waals surface area contributed by atoms with E-state index in [1.807, 2.05) is 6.20 Å². The van der Waals surface area contributed by atoms with E-state index in [4.69, 9.17) is 0 Å². The highest BCUT2D eigenvalue weighted by atomic mass is 127. The molecule has 3 aromatic rings. The van der Waals surface area contributed by atoms with Gasteiger partial charge in [-0.05, 0) is 49.6 Å². The van der Waals surface area contributed by atoms with Crippen molar-refractivity contribution in [2.75, 3.05) is 0 Å². The van der Waals surface area contributed by atoms with E-state index >= 15 is 0 Å². The molecule has 0 saturated heterocycles. The van der Waals surface area contributed by atoms with Crippen molar-refractivity contribution >= 4 is 40.9 Å². The average Bonchev–Trinajstić information content (AvgIpc) is 2.45. The maximum atomic E-state index is 4.61. The Balaban J connectivity index is 2.25. The van der Waals surface area contributed by atoms with Crippen LogP contribution in [-0.4, -0.2) is 4.98 Å². The molecule has 0 aliphatic rings. The van der Waals surface area contributed by atoms with Gasteiger partial charge in [0.25, 0.3) is 0 Å². The summed E-state index contributed by atoms with van der Waals surface area (Å²) in [5, 5.41) is 2.46. The molecule has 0 fully saturated rings. The van der Waals surface area contributed by atoms with Gasteiger partial charge in [-0.15, -0.1) is 0 Å². The number of rotatable bonds is 2. The van der Waals surface area contributed by atoms with Crippen molar-refractivity contribution in [2.24, 2.45) is 0 Å². The fourth-order valence-corrected chi connectivity index (χ4v) is 3.66. The van der Waals surface area contributed by atoms with Crippen LogP contribution in [0.15, 0.2) is 53.6 Å². The van der Waals surface area contributed by atoms with Crippen molar-refractivity contribution in [3.63, 3.8) is 0 Å². The largest absolute Gasteiger partial charge is 0.256 e. The van der Waals surface area contributed by atoms with Gasteiger partial charge < -0.3 is 0 Å². The van der Waals surface area contributed by atoms with E-state index < -0.39 is 0 Å². The predicted octanol–water partition coefficient (Wildman–Crippen LogP) is 5.96. The Bertz CT molecular complexity index is 763. The summed E-state index contributed by atoms with van der Waals surface area (Å²) in [6.45, 7) is 4.26. The second-order valence-corrected chi connectivity index (χ2v) is 6.94. The van der Waals surface area contributed by atoms with Gasteiger partial charge in [-0.3, -0.25) is 4.98 Å². The molecule has 0 atom stereocenters. The molecule has 0 saturated carbocycles. The van der Waals surface area contributed by atoms with Crippen LogP contribution in [0.1, 0.15) is 11.1 Å². The third kappa shape index (κ3) is 2.69. The van der Waals surface area contributed by atoms with Gasteiger partial charge in [0.1, 0.15) is 0 Å². The molecule has 20 heavy (non-hydrogen) atoms. The first-order valence-electron chi connectivity index (χ1n) is 6.43. The van der Waals surface area contributed by atoms with Gasteiger partial charge in [0.15, 0.2) is 0 Å². The van der Waals surface area contributed by atoms with E-state index in [0.29, 0.717) is 0 Å². The fourth-order valence-electron chi connectivity index (χ4n) is 2.55. The van der Waals surface area contributed by atoms with Crippen LogP contribution in [0.4, 0.5) is 0 Å². The lowest BCUT2D eigenvalue weighted by Crippen LogP contribution is -1.88. The Hall–Kier alpha value is -1.07. The molecule has 0 amide bonds. The molecule has 100 valence electrons. The topological polar surface area (TPSA) is 12.9 Å². The van der Waals surface area contributed by atoms with Crippen molar-refractivity contribution in [1.29, 1.82) is 0 Å². The summed E-state index contributed by atoms with van der Waals surface area (Å²) in [6, 6.07) is 15.2. The zero-order chi connectivity index (χ0) is 14.1. The number of hydrogen-bond acceptors (Lipinski definition) is 2. The van der Waals surface area contributed by atoms with Gasteiger partial charge in [0, 0.05) is 43.2 Å². The third-order valence-corrected chi connectivity index (χ3v) is 5.28. The average molecular weight is 391 g/mol. The van der Waals surface area contributed by atoms with Crippen LogP contribution in [0.25, 0.3) is 22.0 Å². The molecule has 0 spiro atoms. The summed E-state index contributed by atoms with van der Waals surface area (Å²) >= 11 is 2.32. The van der Waals surface area contributed by atoms with E-state index in [0.717, 1.165) is 5.69 Å². The zero-order valence-electron chi connectivity index (χ0n) is 11.4. The SMILES string of the molecule is Cc1cc(C)cc(-c2nccc3cc(SI)ccc23)c1. The van der Waals surface area contributed by atoms with Crippen LogP contribution < -0.4 is 0 Å². The number of pyridine rings is 1. The molecule has 0 aliphatic heterocycles. The van der Waals surface area contributed by atoms with Crippen molar-refractivity contribution in [3.8, 4) is 11.3 Å². The van der Waals surface area contributed by atoms with Crippen LogP contribution >= 0.6 is 30.1 Å². The molecule has 1 nitrogen and oxygen atoms in total. The number of nitrogens with zero attached hydrogens (tertiary/aromatic N) is 1. The van der Waals surface area contributed by atoms with Gasteiger partial charge in [0.2, 0.25) is 0 Å². The zero-order valence-corrected chi connectivity index (χ0v) is 14.3. The Morgan fingerprint density at radius 1 is 0.950 bits per heavy atom. The van der Waals surface area contributed by atoms with Gasteiger partial charge in [0.05, 0.1) is 5.69 Å². The smallest absolute Gasteiger partial charge is 0.0780 e. The highest BCUT2D eigenvalue weighted by molar-refractivity contribution is 14.2. The van der Waals surface area contributed by atoms with E-state index in [2.05, 4.69) is 82.5 Å². The summed E-state index contributed by atoms with van der Waals surface area (Å²) in [6.07, 6.45) is 1.90.